The van der Waals surface area contributed by atoms with Crippen LogP contribution >= 0.6 is 15.9 Å². The van der Waals surface area contributed by atoms with Gasteiger partial charge in [-0.05, 0) is 41.6 Å². The van der Waals surface area contributed by atoms with Crippen LogP contribution < -0.4 is 5.73 Å². The molecule has 1 heterocycles. The van der Waals surface area contributed by atoms with Crippen molar-refractivity contribution in [3.63, 3.8) is 0 Å². The summed E-state index contributed by atoms with van der Waals surface area (Å²) in [4.78, 5) is 0. The number of furan rings is 1. The topological polar surface area (TPSA) is 39.2 Å². The molecule has 2 rings (SSSR count). The van der Waals surface area contributed by atoms with E-state index in [9.17, 15) is 0 Å². The molecule has 0 unspecified atom stereocenters. The van der Waals surface area contributed by atoms with Crippen LogP contribution in [0.1, 0.15) is 24.8 Å². The molecule has 2 N–H and O–H groups in total. The summed E-state index contributed by atoms with van der Waals surface area (Å²) in [5.74, 6) is 0. The molecular weight excluding hydrogens is 218 g/mol. The van der Waals surface area contributed by atoms with Crippen LogP contribution in [0.3, 0.4) is 0 Å². The second-order valence-corrected chi connectivity index (χ2v) is 4.46. The van der Waals surface area contributed by atoms with Crippen molar-refractivity contribution in [3.05, 3.63) is 22.6 Å². The molecule has 1 saturated carbocycles. The Morgan fingerprint density at radius 2 is 2.25 bits per heavy atom. The maximum absolute atomic E-state index is 5.97. The minimum atomic E-state index is 0.150. The van der Waals surface area contributed by atoms with Crippen molar-refractivity contribution >= 4 is 15.9 Å². The van der Waals surface area contributed by atoms with Crippen molar-refractivity contribution < 1.29 is 4.42 Å². The molecule has 2 nitrogen and oxygen atoms in total. The van der Waals surface area contributed by atoms with Crippen LogP contribution in [0.2, 0.25) is 0 Å². The maximum Gasteiger partial charge on any atom is 0.105 e. The van der Waals surface area contributed by atoms with Gasteiger partial charge in [-0.1, -0.05) is 0 Å². The Kier molecular flexibility index (Phi) is 2.00. The van der Waals surface area contributed by atoms with E-state index in [-0.39, 0.29) is 5.54 Å². The summed E-state index contributed by atoms with van der Waals surface area (Å²) in [7, 11) is 0. The minimum absolute atomic E-state index is 0.150. The molecule has 1 aromatic rings. The molecule has 1 aliphatic carbocycles. The van der Waals surface area contributed by atoms with Gasteiger partial charge in [0.05, 0.1) is 10.7 Å². The van der Waals surface area contributed by atoms with Crippen LogP contribution in [0.4, 0.5) is 0 Å². The van der Waals surface area contributed by atoms with E-state index in [0.717, 1.165) is 17.3 Å². The van der Waals surface area contributed by atoms with E-state index in [1.54, 1.807) is 12.5 Å². The molecule has 12 heavy (non-hydrogen) atoms. The van der Waals surface area contributed by atoms with Crippen LogP contribution in [0, 0.1) is 0 Å². The highest BCUT2D eigenvalue weighted by molar-refractivity contribution is 9.10. The van der Waals surface area contributed by atoms with E-state index < -0.39 is 0 Å². The lowest BCUT2D eigenvalue weighted by atomic mass is 10.1. The molecule has 0 atom stereocenters. The average Bonchev–Trinajstić information content (AvgIpc) is 2.61. The molecule has 3 heteroatoms. The first kappa shape index (κ1) is 8.32. The van der Waals surface area contributed by atoms with Crippen LogP contribution in [-0.2, 0) is 6.42 Å². The molecule has 0 saturated heterocycles. The van der Waals surface area contributed by atoms with Crippen molar-refractivity contribution in [2.75, 3.05) is 0 Å². The van der Waals surface area contributed by atoms with Crippen LogP contribution in [0.15, 0.2) is 21.4 Å². The summed E-state index contributed by atoms with van der Waals surface area (Å²) in [5, 5.41) is 0. The first-order valence-corrected chi connectivity index (χ1v) is 4.98. The molecular formula is C9H12BrNO. The standard InChI is InChI=1S/C9H12BrNO/c10-8-6-12-5-7(8)1-2-9(11)3-4-9/h5-6H,1-4,11H2. The van der Waals surface area contributed by atoms with E-state index >= 15 is 0 Å². The normalized spacial score (nSPS) is 19.5. The van der Waals surface area contributed by atoms with Gasteiger partial charge in [0.2, 0.25) is 0 Å². The first-order chi connectivity index (χ1) is 5.70. The predicted octanol–water partition coefficient (Wildman–Crippen LogP) is 2.47. The molecule has 1 fully saturated rings. The zero-order valence-corrected chi connectivity index (χ0v) is 8.43. The second kappa shape index (κ2) is 2.89. The van der Waals surface area contributed by atoms with Crippen molar-refractivity contribution in [2.45, 2.75) is 31.2 Å². The SMILES string of the molecule is NC1(CCc2cocc2Br)CC1. The first-order valence-electron chi connectivity index (χ1n) is 4.19. The second-order valence-electron chi connectivity index (χ2n) is 3.61. The van der Waals surface area contributed by atoms with E-state index in [2.05, 4.69) is 15.9 Å². The van der Waals surface area contributed by atoms with Crippen molar-refractivity contribution in [1.29, 1.82) is 0 Å². The van der Waals surface area contributed by atoms with Gasteiger partial charge in [0.25, 0.3) is 0 Å². The Labute approximate surface area is 80.3 Å². The van der Waals surface area contributed by atoms with Gasteiger partial charge in [-0.15, -0.1) is 0 Å². The van der Waals surface area contributed by atoms with E-state index in [1.165, 1.54) is 18.4 Å². The van der Waals surface area contributed by atoms with Crippen molar-refractivity contribution in [1.82, 2.24) is 0 Å². The minimum Gasteiger partial charge on any atom is -0.471 e. The zero-order valence-electron chi connectivity index (χ0n) is 6.85. The fourth-order valence-corrected chi connectivity index (χ4v) is 1.68. The molecule has 0 amide bonds. The third-order valence-corrected chi connectivity index (χ3v) is 3.17. The number of hydrogen-bond acceptors (Lipinski definition) is 2. The Bertz CT molecular complexity index is 278. The van der Waals surface area contributed by atoms with Gasteiger partial charge in [-0.3, -0.25) is 0 Å². The molecule has 0 bridgehead atoms. The lowest BCUT2D eigenvalue weighted by Crippen LogP contribution is -2.21. The summed E-state index contributed by atoms with van der Waals surface area (Å²) in [6.07, 6.45) is 7.96. The smallest absolute Gasteiger partial charge is 0.105 e. The lowest BCUT2D eigenvalue weighted by molar-refractivity contribution is 0.557. The van der Waals surface area contributed by atoms with E-state index in [0.29, 0.717) is 0 Å². The highest BCUT2D eigenvalue weighted by Gasteiger charge is 2.37. The fraction of sp³-hybridized carbons (Fsp3) is 0.556. The maximum atomic E-state index is 5.97. The largest absolute Gasteiger partial charge is 0.471 e. The predicted molar refractivity (Wildman–Crippen MR) is 50.9 cm³/mol. The van der Waals surface area contributed by atoms with Gasteiger partial charge in [0, 0.05) is 11.1 Å². The van der Waals surface area contributed by atoms with Gasteiger partial charge in [-0.25, -0.2) is 0 Å². The van der Waals surface area contributed by atoms with Crippen LogP contribution in [-0.4, -0.2) is 5.54 Å². The molecule has 1 aliphatic rings. The van der Waals surface area contributed by atoms with E-state index in [1.807, 2.05) is 0 Å². The Hall–Kier alpha value is -0.280. The van der Waals surface area contributed by atoms with E-state index in [4.69, 9.17) is 10.2 Å². The number of nitrogens with two attached hydrogens (primary N) is 1. The highest BCUT2D eigenvalue weighted by atomic mass is 79.9. The Morgan fingerprint density at radius 1 is 1.50 bits per heavy atom. The Balaban J connectivity index is 1.91. The average molecular weight is 230 g/mol. The monoisotopic (exact) mass is 229 g/mol. The number of halogens is 1. The Morgan fingerprint density at radius 3 is 2.75 bits per heavy atom. The molecule has 0 spiro atoms. The van der Waals surface area contributed by atoms with Crippen LogP contribution in [0.5, 0.6) is 0 Å². The molecule has 0 aliphatic heterocycles. The van der Waals surface area contributed by atoms with Gasteiger partial charge < -0.3 is 10.2 Å². The lowest BCUT2D eigenvalue weighted by Gasteiger charge is -2.05. The number of rotatable bonds is 3. The van der Waals surface area contributed by atoms with Gasteiger partial charge >= 0.3 is 0 Å². The summed E-state index contributed by atoms with van der Waals surface area (Å²) < 4.78 is 6.11. The number of hydrogen-bond donors (Lipinski definition) is 1. The highest BCUT2D eigenvalue weighted by Crippen LogP contribution is 2.37. The van der Waals surface area contributed by atoms with Crippen molar-refractivity contribution in [3.8, 4) is 0 Å². The third-order valence-electron chi connectivity index (χ3n) is 2.47. The number of aryl methyl sites for hydroxylation is 1. The van der Waals surface area contributed by atoms with Gasteiger partial charge in [0.1, 0.15) is 6.26 Å². The molecule has 0 aromatic carbocycles. The fourth-order valence-electron chi connectivity index (χ4n) is 1.28. The summed E-state index contributed by atoms with van der Waals surface area (Å²) in [6, 6.07) is 0. The quantitative estimate of drug-likeness (QED) is 0.866. The third kappa shape index (κ3) is 1.72. The molecule has 66 valence electrons. The van der Waals surface area contributed by atoms with Gasteiger partial charge in [0.15, 0.2) is 0 Å². The molecule has 0 radical (unpaired) electrons. The van der Waals surface area contributed by atoms with Crippen LogP contribution in [0.25, 0.3) is 0 Å². The molecule has 1 aromatic heterocycles. The zero-order chi connectivity index (χ0) is 8.60. The van der Waals surface area contributed by atoms with Crippen molar-refractivity contribution in [2.24, 2.45) is 5.73 Å². The summed E-state index contributed by atoms with van der Waals surface area (Å²) >= 11 is 3.42. The van der Waals surface area contributed by atoms with Gasteiger partial charge in [-0.2, -0.15) is 0 Å². The summed E-state index contributed by atoms with van der Waals surface area (Å²) in [5.41, 5.74) is 7.35. The summed E-state index contributed by atoms with van der Waals surface area (Å²) in [6.45, 7) is 0.